The fourth-order valence-corrected chi connectivity index (χ4v) is 10.4. The quantitative estimate of drug-likeness (QED) is 0.559. The van der Waals surface area contributed by atoms with Gasteiger partial charge in [0.1, 0.15) is 5.72 Å². The largest absolute Gasteiger partial charge is 0.393 e. The maximum absolute atomic E-state index is 10.3. The Bertz CT molecular complexity index is 686. The lowest BCUT2D eigenvalue weighted by Crippen LogP contribution is -2.57. The normalized spacial score (nSPS) is 62.5. The van der Waals surface area contributed by atoms with Crippen molar-refractivity contribution in [3.05, 3.63) is 0 Å². The lowest BCUT2D eigenvalue weighted by atomic mass is 9.44. The van der Waals surface area contributed by atoms with Crippen LogP contribution in [-0.2, 0) is 4.74 Å². The summed E-state index contributed by atoms with van der Waals surface area (Å²) >= 11 is 0. The third kappa shape index (κ3) is 2.61. The van der Waals surface area contributed by atoms with Gasteiger partial charge < -0.3 is 9.84 Å². The summed E-state index contributed by atoms with van der Waals surface area (Å²) in [5.74, 6) is 5.57. The lowest BCUT2D eigenvalue weighted by Gasteiger charge is -2.61. The summed E-state index contributed by atoms with van der Waals surface area (Å²) in [5.41, 5.74) is 0.919. The molecular formula is C27H45NO2. The van der Waals surface area contributed by atoms with E-state index in [0.29, 0.717) is 22.9 Å². The van der Waals surface area contributed by atoms with Crippen LogP contribution in [0.4, 0.5) is 0 Å². The van der Waals surface area contributed by atoms with Gasteiger partial charge >= 0.3 is 0 Å². The van der Waals surface area contributed by atoms with Crippen molar-refractivity contribution in [2.24, 2.45) is 52.3 Å². The molecule has 2 aliphatic heterocycles. The van der Waals surface area contributed by atoms with E-state index in [1.54, 1.807) is 0 Å². The number of rotatable bonds is 0. The van der Waals surface area contributed by atoms with Crippen molar-refractivity contribution in [2.45, 2.75) is 110 Å². The Morgan fingerprint density at radius 1 is 0.867 bits per heavy atom. The number of ether oxygens (including phenoxy) is 1. The summed E-state index contributed by atoms with van der Waals surface area (Å²) in [4.78, 5) is 0. The van der Waals surface area contributed by atoms with Gasteiger partial charge in [-0.2, -0.15) is 0 Å². The van der Waals surface area contributed by atoms with Crippen LogP contribution in [0.2, 0.25) is 0 Å². The molecule has 4 aliphatic carbocycles. The summed E-state index contributed by atoms with van der Waals surface area (Å²) in [7, 11) is 0. The second kappa shape index (κ2) is 6.70. The third-order valence-corrected chi connectivity index (χ3v) is 12.1. The zero-order chi connectivity index (χ0) is 20.9. The average molecular weight is 416 g/mol. The molecule has 0 aromatic rings. The molecular weight excluding hydrogens is 370 g/mol. The van der Waals surface area contributed by atoms with Gasteiger partial charge in [-0.3, -0.25) is 5.32 Å². The Hall–Kier alpha value is -0.120. The van der Waals surface area contributed by atoms with Gasteiger partial charge in [0, 0.05) is 12.5 Å². The summed E-state index contributed by atoms with van der Waals surface area (Å²) in [6.45, 7) is 11.3. The van der Waals surface area contributed by atoms with Crippen LogP contribution < -0.4 is 5.32 Å². The second-order valence-electron chi connectivity index (χ2n) is 13.3. The van der Waals surface area contributed by atoms with E-state index >= 15 is 0 Å². The molecule has 30 heavy (non-hydrogen) atoms. The molecule has 0 aromatic heterocycles. The van der Waals surface area contributed by atoms with Gasteiger partial charge in [-0.1, -0.05) is 27.7 Å². The smallest absolute Gasteiger partial charge is 0.122 e. The summed E-state index contributed by atoms with van der Waals surface area (Å²) < 4.78 is 7.01. The van der Waals surface area contributed by atoms with Gasteiger partial charge in [-0.25, -0.2) is 0 Å². The first-order valence-corrected chi connectivity index (χ1v) is 13.4. The predicted molar refractivity (Wildman–Crippen MR) is 120 cm³/mol. The molecule has 1 spiro atoms. The highest BCUT2D eigenvalue weighted by Crippen LogP contribution is 2.71. The van der Waals surface area contributed by atoms with Gasteiger partial charge in [0.05, 0.1) is 12.2 Å². The number of hydrogen-bond acceptors (Lipinski definition) is 3. The first-order chi connectivity index (χ1) is 14.3. The first-order valence-electron chi connectivity index (χ1n) is 13.4. The number of aliphatic hydroxyl groups is 1. The summed E-state index contributed by atoms with van der Waals surface area (Å²) in [6.07, 6.45) is 13.2. The number of fused-ring (bicyclic) bond motifs is 7. The van der Waals surface area contributed by atoms with E-state index in [1.807, 2.05) is 0 Å². The molecule has 0 amide bonds. The van der Waals surface area contributed by atoms with E-state index in [1.165, 1.54) is 51.4 Å². The Kier molecular flexibility index (Phi) is 4.58. The molecule has 3 heteroatoms. The maximum Gasteiger partial charge on any atom is 0.122 e. The molecule has 12 atom stereocenters. The van der Waals surface area contributed by atoms with Crippen molar-refractivity contribution in [1.29, 1.82) is 0 Å². The molecule has 0 bridgehead atoms. The minimum atomic E-state index is -0.0320. The SMILES string of the molecule is C[C@@H]1CC[C@@]2(NC1)O[C@H]1C[C@H]3[C@@H]4CCC5C[C@@H](O)CC[C@]5(C)[C@H]4CC[C@]3(C)[C@H]1[C@@H]2C. The third-order valence-electron chi connectivity index (χ3n) is 12.1. The van der Waals surface area contributed by atoms with E-state index in [0.717, 1.165) is 54.9 Å². The topological polar surface area (TPSA) is 41.5 Å². The van der Waals surface area contributed by atoms with E-state index in [9.17, 15) is 5.11 Å². The highest BCUT2D eigenvalue weighted by molar-refractivity contribution is 5.16. The first kappa shape index (κ1) is 20.5. The van der Waals surface area contributed by atoms with Crippen molar-refractivity contribution in [1.82, 2.24) is 5.32 Å². The van der Waals surface area contributed by atoms with Gasteiger partial charge in [0.25, 0.3) is 0 Å². The highest BCUT2D eigenvalue weighted by atomic mass is 16.5. The molecule has 2 heterocycles. The van der Waals surface area contributed by atoms with Crippen LogP contribution in [0.3, 0.4) is 0 Å². The second-order valence-corrected chi connectivity index (χ2v) is 13.3. The van der Waals surface area contributed by atoms with Gasteiger partial charge in [0.15, 0.2) is 0 Å². The van der Waals surface area contributed by atoms with Crippen LogP contribution in [0.1, 0.15) is 91.9 Å². The molecule has 3 nitrogen and oxygen atoms in total. The molecule has 6 fully saturated rings. The summed E-state index contributed by atoms with van der Waals surface area (Å²) in [5, 5.41) is 14.2. The Labute approximate surface area is 184 Å². The van der Waals surface area contributed by atoms with Crippen molar-refractivity contribution in [2.75, 3.05) is 6.54 Å². The molecule has 2 N–H and O–H groups in total. The van der Waals surface area contributed by atoms with Crippen molar-refractivity contribution < 1.29 is 9.84 Å². The summed E-state index contributed by atoms with van der Waals surface area (Å²) in [6, 6.07) is 0. The number of piperidine rings is 1. The van der Waals surface area contributed by atoms with Crippen molar-refractivity contribution >= 4 is 0 Å². The van der Waals surface area contributed by atoms with Crippen LogP contribution in [0, 0.1) is 52.3 Å². The highest BCUT2D eigenvalue weighted by Gasteiger charge is 2.68. The molecule has 0 radical (unpaired) electrons. The minimum absolute atomic E-state index is 0.0319. The molecule has 4 saturated carbocycles. The maximum atomic E-state index is 10.3. The minimum Gasteiger partial charge on any atom is -0.393 e. The van der Waals surface area contributed by atoms with Crippen molar-refractivity contribution in [3.63, 3.8) is 0 Å². The fourth-order valence-electron chi connectivity index (χ4n) is 10.4. The van der Waals surface area contributed by atoms with Crippen LogP contribution in [0.25, 0.3) is 0 Å². The Morgan fingerprint density at radius 3 is 2.43 bits per heavy atom. The van der Waals surface area contributed by atoms with E-state index in [-0.39, 0.29) is 11.8 Å². The number of aliphatic hydroxyl groups excluding tert-OH is 1. The standard InChI is InChI=1S/C27H45NO2/c1-16-7-12-27(28-15-16)17(2)24-23(30-27)14-22-20-6-5-18-13-19(29)8-10-25(18,3)21(20)9-11-26(22,24)4/h16-24,28-29H,5-15H2,1-4H3/t16-,17+,18?,19+,20-,21+,22+,23+,24+,25+,26+,27-/m1/s1. The Balaban J connectivity index is 1.26. The molecule has 6 rings (SSSR count). The van der Waals surface area contributed by atoms with E-state index in [4.69, 9.17) is 4.74 Å². The van der Waals surface area contributed by atoms with Gasteiger partial charge in [-0.05, 0) is 111 Å². The molecule has 0 aromatic carbocycles. The number of hydrogen-bond donors (Lipinski definition) is 2. The fraction of sp³-hybridized carbons (Fsp3) is 1.00. The molecule has 170 valence electrons. The van der Waals surface area contributed by atoms with E-state index < -0.39 is 0 Å². The van der Waals surface area contributed by atoms with Gasteiger partial charge in [0.2, 0.25) is 0 Å². The Morgan fingerprint density at radius 2 is 1.67 bits per heavy atom. The van der Waals surface area contributed by atoms with Crippen LogP contribution in [-0.4, -0.2) is 29.6 Å². The van der Waals surface area contributed by atoms with Crippen LogP contribution in [0.15, 0.2) is 0 Å². The number of nitrogens with one attached hydrogen (secondary N) is 1. The average Bonchev–Trinajstić information content (AvgIpc) is 3.16. The zero-order valence-corrected chi connectivity index (χ0v) is 19.8. The molecule has 2 saturated heterocycles. The van der Waals surface area contributed by atoms with Crippen LogP contribution >= 0.6 is 0 Å². The van der Waals surface area contributed by atoms with Gasteiger partial charge in [-0.15, -0.1) is 0 Å². The predicted octanol–water partition coefficient (Wildman–Crippen LogP) is 5.37. The van der Waals surface area contributed by atoms with Crippen molar-refractivity contribution in [3.8, 4) is 0 Å². The molecule has 1 unspecified atom stereocenters. The van der Waals surface area contributed by atoms with Crippen LogP contribution in [0.5, 0.6) is 0 Å². The lowest BCUT2D eigenvalue weighted by molar-refractivity contribution is -0.140. The molecule has 6 aliphatic rings. The zero-order valence-electron chi connectivity index (χ0n) is 19.8. The monoisotopic (exact) mass is 415 g/mol. The van der Waals surface area contributed by atoms with E-state index in [2.05, 4.69) is 33.0 Å².